The molecule has 0 amide bonds. The molecule has 0 spiro atoms. The van der Waals surface area contributed by atoms with E-state index in [1.165, 1.54) is 10.5 Å². The van der Waals surface area contributed by atoms with Crippen molar-refractivity contribution in [2.75, 3.05) is 0 Å². The number of aromatic nitrogens is 2. The van der Waals surface area contributed by atoms with Gasteiger partial charge in [-0.1, -0.05) is 30.3 Å². The van der Waals surface area contributed by atoms with Crippen molar-refractivity contribution in [3.63, 3.8) is 0 Å². The lowest BCUT2D eigenvalue weighted by molar-refractivity contribution is 0.349. The third-order valence-corrected chi connectivity index (χ3v) is 3.86. The summed E-state index contributed by atoms with van der Waals surface area (Å²) in [6.07, 6.45) is 0.798. The SMILES string of the molecule is CCC(N)c1nc(CSc2ccccc2C)no1. The van der Waals surface area contributed by atoms with E-state index in [2.05, 4.69) is 29.2 Å². The van der Waals surface area contributed by atoms with E-state index in [9.17, 15) is 0 Å². The topological polar surface area (TPSA) is 64.9 Å². The second-order valence-electron chi connectivity index (χ2n) is 4.12. The number of hydrogen-bond donors (Lipinski definition) is 1. The summed E-state index contributed by atoms with van der Waals surface area (Å²) in [5, 5.41) is 3.94. The van der Waals surface area contributed by atoms with Gasteiger partial charge in [0.15, 0.2) is 5.82 Å². The first-order chi connectivity index (χ1) is 8.70. The van der Waals surface area contributed by atoms with Gasteiger partial charge in [0.05, 0.1) is 11.8 Å². The van der Waals surface area contributed by atoms with Crippen molar-refractivity contribution in [1.82, 2.24) is 10.1 Å². The van der Waals surface area contributed by atoms with Gasteiger partial charge < -0.3 is 10.3 Å². The lowest BCUT2D eigenvalue weighted by Gasteiger charge is -2.02. The summed E-state index contributed by atoms with van der Waals surface area (Å²) in [4.78, 5) is 5.54. The third-order valence-electron chi connectivity index (χ3n) is 2.69. The van der Waals surface area contributed by atoms with Gasteiger partial charge in [-0.05, 0) is 25.0 Å². The third kappa shape index (κ3) is 3.11. The fourth-order valence-corrected chi connectivity index (χ4v) is 2.38. The zero-order chi connectivity index (χ0) is 13.0. The van der Waals surface area contributed by atoms with Crippen LogP contribution in [-0.4, -0.2) is 10.1 Å². The molecule has 0 saturated heterocycles. The number of hydrogen-bond acceptors (Lipinski definition) is 5. The fourth-order valence-electron chi connectivity index (χ4n) is 1.51. The number of benzene rings is 1. The molecule has 2 N–H and O–H groups in total. The van der Waals surface area contributed by atoms with Crippen LogP contribution in [0, 0.1) is 6.92 Å². The van der Waals surface area contributed by atoms with E-state index in [0.29, 0.717) is 17.5 Å². The Balaban J connectivity index is 1.98. The van der Waals surface area contributed by atoms with Crippen molar-refractivity contribution in [3.05, 3.63) is 41.5 Å². The first-order valence-corrected chi connectivity index (χ1v) is 6.95. The molecule has 1 heterocycles. The normalized spacial score (nSPS) is 12.6. The number of nitrogens with two attached hydrogens (primary N) is 1. The highest BCUT2D eigenvalue weighted by Crippen LogP contribution is 2.25. The number of aryl methyl sites for hydroxylation is 1. The highest BCUT2D eigenvalue weighted by atomic mass is 32.2. The highest BCUT2D eigenvalue weighted by Gasteiger charge is 2.12. The highest BCUT2D eigenvalue weighted by molar-refractivity contribution is 7.98. The van der Waals surface area contributed by atoms with Crippen LogP contribution in [0.15, 0.2) is 33.7 Å². The Hall–Kier alpha value is -1.33. The molecule has 0 aliphatic heterocycles. The molecule has 0 bridgehead atoms. The minimum Gasteiger partial charge on any atom is -0.338 e. The first kappa shape index (κ1) is 13.1. The molecule has 0 saturated carbocycles. The van der Waals surface area contributed by atoms with E-state index in [-0.39, 0.29) is 6.04 Å². The summed E-state index contributed by atoms with van der Waals surface area (Å²) in [5.41, 5.74) is 7.10. The molecule has 0 radical (unpaired) electrons. The van der Waals surface area contributed by atoms with Crippen LogP contribution in [-0.2, 0) is 5.75 Å². The monoisotopic (exact) mass is 263 g/mol. The Morgan fingerprint density at radius 3 is 2.89 bits per heavy atom. The Morgan fingerprint density at radius 2 is 2.17 bits per heavy atom. The molecular formula is C13H17N3OS. The van der Waals surface area contributed by atoms with Crippen LogP contribution in [0.1, 0.15) is 36.7 Å². The molecule has 0 fully saturated rings. The zero-order valence-corrected chi connectivity index (χ0v) is 11.4. The summed E-state index contributed by atoms with van der Waals surface area (Å²) >= 11 is 1.71. The Kier molecular flexibility index (Phi) is 4.38. The van der Waals surface area contributed by atoms with Crippen molar-refractivity contribution in [3.8, 4) is 0 Å². The quantitative estimate of drug-likeness (QED) is 0.840. The van der Waals surface area contributed by atoms with E-state index in [1.54, 1.807) is 11.8 Å². The van der Waals surface area contributed by atoms with Crippen molar-refractivity contribution in [1.29, 1.82) is 0 Å². The summed E-state index contributed by atoms with van der Waals surface area (Å²) in [6.45, 7) is 4.09. The van der Waals surface area contributed by atoms with Crippen molar-refractivity contribution >= 4 is 11.8 Å². The minimum absolute atomic E-state index is 0.158. The average molecular weight is 263 g/mol. The molecule has 1 aromatic carbocycles. The van der Waals surface area contributed by atoms with Gasteiger partial charge in [0.1, 0.15) is 0 Å². The maximum absolute atomic E-state index is 5.84. The Morgan fingerprint density at radius 1 is 1.39 bits per heavy atom. The van der Waals surface area contributed by atoms with Gasteiger partial charge >= 0.3 is 0 Å². The number of rotatable bonds is 5. The molecule has 1 unspecified atom stereocenters. The van der Waals surface area contributed by atoms with Gasteiger partial charge in [-0.25, -0.2) is 0 Å². The zero-order valence-electron chi connectivity index (χ0n) is 10.6. The van der Waals surface area contributed by atoms with Crippen LogP contribution < -0.4 is 5.73 Å². The Labute approximate surface area is 111 Å². The van der Waals surface area contributed by atoms with Crippen molar-refractivity contribution in [2.45, 2.75) is 37.0 Å². The second-order valence-corrected chi connectivity index (χ2v) is 5.13. The molecule has 1 atom stereocenters. The van der Waals surface area contributed by atoms with E-state index < -0.39 is 0 Å². The molecule has 18 heavy (non-hydrogen) atoms. The van der Waals surface area contributed by atoms with Crippen LogP contribution >= 0.6 is 11.8 Å². The van der Waals surface area contributed by atoms with Crippen molar-refractivity contribution < 1.29 is 4.52 Å². The molecule has 2 aromatic rings. The molecular weight excluding hydrogens is 246 g/mol. The average Bonchev–Trinajstić information content (AvgIpc) is 2.86. The summed E-state index contributed by atoms with van der Waals surface area (Å²) in [5.74, 6) is 1.92. The van der Waals surface area contributed by atoms with Gasteiger partial charge in [-0.15, -0.1) is 11.8 Å². The summed E-state index contributed by atoms with van der Waals surface area (Å²) in [6, 6.07) is 8.10. The fraction of sp³-hybridized carbons (Fsp3) is 0.385. The first-order valence-electron chi connectivity index (χ1n) is 5.97. The second kappa shape index (κ2) is 6.02. The molecule has 0 aliphatic carbocycles. The largest absolute Gasteiger partial charge is 0.338 e. The van der Waals surface area contributed by atoms with E-state index in [1.807, 2.05) is 19.1 Å². The molecule has 4 nitrogen and oxygen atoms in total. The van der Waals surface area contributed by atoms with Gasteiger partial charge in [0, 0.05) is 4.90 Å². The van der Waals surface area contributed by atoms with Gasteiger partial charge in [-0.3, -0.25) is 0 Å². The van der Waals surface area contributed by atoms with Crippen molar-refractivity contribution in [2.24, 2.45) is 5.73 Å². The van der Waals surface area contributed by atoms with Crippen LogP contribution in [0.25, 0.3) is 0 Å². The van der Waals surface area contributed by atoms with Crippen LogP contribution in [0.5, 0.6) is 0 Å². The van der Waals surface area contributed by atoms with Gasteiger partial charge in [-0.2, -0.15) is 4.98 Å². The predicted octanol–water partition coefficient (Wildman–Crippen LogP) is 3.08. The minimum atomic E-state index is -0.158. The van der Waals surface area contributed by atoms with Crippen LogP contribution in [0.4, 0.5) is 0 Å². The van der Waals surface area contributed by atoms with E-state index >= 15 is 0 Å². The lowest BCUT2D eigenvalue weighted by Crippen LogP contribution is -2.08. The summed E-state index contributed by atoms with van der Waals surface area (Å²) in [7, 11) is 0. The van der Waals surface area contributed by atoms with E-state index in [0.717, 1.165) is 6.42 Å². The molecule has 5 heteroatoms. The smallest absolute Gasteiger partial charge is 0.243 e. The lowest BCUT2D eigenvalue weighted by atomic mass is 10.2. The van der Waals surface area contributed by atoms with E-state index in [4.69, 9.17) is 10.3 Å². The summed E-state index contributed by atoms with van der Waals surface area (Å²) < 4.78 is 5.14. The van der Waals surface area contributed by atoms with Crippen LogP contribution in [0.2, 0.25) is 0 Å². The maximum atomic E-state index is 5.84. The predicted molar refractivity (Wildman–Crippen MR) is 72.3 cm³/mol. The molecule has 1 aromatic heterocycles. The van der Waals surface area contributed by atoms with Crippen LogP contribution in [0.3, 0.4) is 0 Å². The van der Waals surface area contributed by atoms with Gasteiger partial charge in [0.2, 0.25) is 5.89 Å². The molecule has 2 rings (SSSR count). The maximum Gasteiger partial charge on any atom is 0.243 e. The standard InChI is InChI=1S/C13H17N3OS/c1-3-10(14)13-15-12(16-17-13)8-18-11-7-5-4-6-9(11)2/h4-7,10H,3,8,14H2,1-2H3. The Bertz CT molecular complexity index is 512. The number of thioether (sulfide) groups is 1. The molecule has 96 valence electrons. The molecule has 0 aliphatic rings. The number of nitrogens with zero attached hydrogens (tertiary/aromatic N) is 2. The van der Waals surface area contributed by atoms with Gasteiger partial charge in [0.25, 0.3) is 0 Å².